The first-order valence-corrected chi connectivity index (χ1v) is 9.47. The van der Waals surface area contributed by atoms with Crippen LogP contribution in [0.4, 0.5) is 0 Å². The van der Waals surface area contributed by atoms with Crippen LogP contribution in [-0.4, -0.2) is 22.8 Å². The average molecular weight is 385 g/mol. The molecule has 142 valence electrons. The molecular weight excluding hydrogens is 362 g/mol. The van der Waals surface area contributed by atoms with Crippen LogP contribution >= 0.6 is 11.3 Å². The van der Waals surface area contributed by atoms with Crippen molar-refractivity contribution in [2.24, 2.45) is 7.05 Å². The van der Waals surface area contributed by atoms with Crippen molar-refractivity contribution in [2.45, 2.75) is 27.0 Å². The minimum Gasteiger partial charge on any atom is -0.497 e. The summed E-state index contributed by atoms with van der Waals surface area (Å²) in [6.45, 7) is 4.82. The molecule has 27 heavy (non-hydrogen) atoms. The van der Waals surface area contributed by atoms with Crippen LogP contribution in [0.2, 0.25) is 0 Å². The van der Waals surface area contributed by atoms with E-state index in [0.717, 1.165) is 34.0 Å². The van der Waals surface area contributed by atoms with Crippen molar-refractivity contribution in [2.75, 3.05) is 7.11 Å². The van der Waals surface area contributed by atoms with Gasteiger partial charge in [-0.15, -0.1) is 11.3 Å². The minimum absolute atomic E-state index is 0.0877. The Labute approximate surface area is 162 Å². The molecule has 0 unspecified atom stereocenters. The predicted octanol–water partition coefficient (Wildman–Crippen LogP) is 3.62. The van der Waals surface area contributed by atoms with Gasteiger partial charge in [0.25, 0.3) is 5.91 Å². The largest absolute Gasteiger partial charge is 0.497 e. The van der Waals surface area contributed by atoms with Crippen LogP contribution < -0.4 is 14.8 Å². The summed E-state index contributed by atoms with van der Waals surface area (Å²) in [5.41, 5.74) is 4.02. The second-order valence-electron chi connectivity index (χ2n) is 6.24. The first-order chi connectivity index (χ1) is 13.0. The number of aryl methyl sites for hydroxylation is 2. The maximum atomic E-state index is 12.4. The third kappa shape index (κ3) is 4.49. The molecule has 0 spiro atoms. The van der Waals surface area contributed by atoms with Crippen LogP contribution in [0.5, 0.6) is 11.5 Å². The lowest BCUT2D eigenvalue weighted by atomic mass is 10.2. The van der Waals surface area contributed by atoms with Crippen molar-refractivity contribution < 1.29 is 14.3 Å². The highest BCUT2D eigenvalue weighted by Crippen LogP contribution is 2.22. The standard InChI is InChI=1S/C20H23N3O3S/c1-13-18(14(2)23(3)22-13)10-21-20(24)19-8-15(12-27-19)11-26-17-7-5-6-16(9-17)25-4/h5-9,12H,10-11H2,1-4H3,(H,21,24). The number of nitrogens with one attached hydrogen (secondary N) is 1. The molecule has 3 rings (SSSR count). The molecule has 0 bridgehead atoms. The zero-order valence-electron chi connectivity index (χ0n) is 15.9. The molecule has 1 amide bonds. The highest BCUT2D eigenvalue weighted by molar-refractivity contribution is 7.12. The molecule has 0 saturated heterocycles. The molecule has 0 radical (unpaired) electrons. The van der Waals surface area contributed by atoms with Gasteiger partial charge in [-0.3, -0.25) is 9.48 Å². The highest BCUT2D eigenvalue weighted by atomic mass is 32.1. The number of aromatic nitrogens is 2. The fraction of sp³-hybridized carbons (Fsp3) is 0.300. The average Bonchev–Trinajstić information content (AvgIpc) is 3.24. The van der Waals surface area contributed by atoms with Gasteiger partial charge >= 0.3 is 0 Å². The molecule has 0 fully saturated rings. The van der Waals surface area contributed by atoms with Crippen molar-refractivity contribution in [3.63, 3.8) is 0 Å². The van der Waals surface area contributed by atoms with E-state index in [1.807, 2.05) is 61.3 Å². The van der Waals surface area contributed by atoms with Crippen molar-refractivity contribution in [3.8, 4) is 11.5 Å². The molecule has 2 aromatic heterocycles. The molecule has 0 atom stereocenters. The molecule has 0 aliphatic rings. The van der Waals surface area contributed by atoms with Crippen molar-refractivity contribution in [3.05, 3.63) is 63.1 Å². The lowest BCUT2D eigenvalue weighted by Crippen LogP contribution is -2.22. The van der Waals surface area contributed by atoms with Gasteiger partial charge in [-0.05, 0) is 37.4 Å². The van der Waals surface area contributed by atoms with Crippen molar-refractivity contribution in [1.82, 2.24) is 15.1 Å². The number of rotatable bonds is 7. The summed E-state index contributed by atoms with van der Waals surface area (Å²) in [6.07, 6.45) is 0. The van der Waals surface area contributed by atoms with Gasteiger partial charge < -0.3 is 14.8 Å². The number of benzene rings is 1. The van der Waals surface area contributed by atoms with E-state index in [9.17, 15) is 4.79 Å². The summed E-state index contributed by atoms with van der Waals surface area (Å²) in [4.78, 5) is 13.1. The number of carbonyl (C=O) groups is 1. The highest BCUT2D eigenvalue weighted by Gasteiger charge is 2.13. The van der Waals surface area contributed by atoms with Gasteiger partial charge in [0.05, 0.1) is 17.7 Å². The van der Waals surface area contributed by atoms with Gasteiger partial charge in [0.2, 0.25) is 0 Å². The van der Waals surface area contributed by atoms with Gasteiger partial charge in [0.15, 0.2) is 0 Å². The van der Waals surface area contributed by atoms with E-state index in [1.165, 1.54) is 11.3 Å². The van der Waals surface area contributed by atoms with Crippen LogP contribution in [-0.2, 0) is 20.2 Å². The minimum atomic E-state index is -0.0877. The Morgan fingerprint density at radius 1 is 1.26 bits per heavy atom. The fourth-order valence-electron chi connectivity index (χ4n) is 2.76. The van der Waals surface area contributed by atoms with Gasteiger partial charge in [-0.2, -0.15) is 5.10 Å². The summed E-state index contributed by atoms with van der Waals surface area (Å²) < 4.78 is 12.8. The lowest BCUT2D eigenvalue weighted by Gasteiger charge is -2.06. The van der Waals surface area contributed by atoms with Gasteiger partial charge in [-0.25, -0.2) is 0 Å². The summed E-state index contributed by atoms with van der Waals surface area (Å²) in [7, 11) is 3.53. The molecule has 0 saturated carbocycles. The normalized spacial score (nSPS) is 10.7. The number of amides is 1. The Morgan fingerprint density at radius 3 is 2.74 bits per heavy atom. The van der Waals surface area contributed by atoms with Gasteiger partial charge in [0.1, 0.15) is 18.1 Å². The van der Waals surface area contributed by atoms with E-state index in [0.29, 0.717) is 18.0 Å². The Kier molecular flexibility index (Phi) is 5.81. The molecule has 6 nitrogen and oxygen atoms in total. The molecule has 1 N–H and O–H groups in total. The Balaban J connectivity index is 1.57. The Bertz CT molecular complexity index is 946. The number of methoxy groups -OCH3 is 1. The van der Waals surface area contributed by atoms with Crippen LogP contribution in [0.15, 0.2) is 35.7 Å². The molecule has 0 aliphatic carbocycles. The van der Waals surface area contributed by atoms with E-state index < -0.39 is 0 Å². The smallest absolute Gasteiger partial charge is 0.261 e. The Hall–Kier alpha value is -2.80. The van der Waals surface area contributed by atoms with Crippen molar-refractivity contribution >= 4 is 17.2 Å². The van der Waals surface area contributed by atoms with Crippen LogP contribution in [0.25, 0.3) is 0 Å². The second-order valence-corrected chi connectivity index (χ2v) is 7.15. The Morgan fingerprint density at radius 2 is 2.04 bits per heavy atom. The first-order valence-electron chi connectivity index (χ1n) is 8.59. The summed E-state index contributed by atoms with van der Waals surface area (Å²) >= 11 is 1.41. The predicted molar refractivity (Wildman–Crippen MR) is 105 cm³/mol. The van der Waals surface area contributed by atoms with Crippen LogP contribution in [0, 0.1) is 13.8 Å². The SMILES string of the molecule is COc1cccc(OCc2csc(C(=O)NCc3c(C)nn(C)c3C)c2)c1. The molecule has 3 aromatic rings. The van der Waals surface area contributed by atoms with E-state index in [2.05, 4.69) is 10.4 Å². The van der Waals surface area contributed by atoms with E-state index in [-0.39, 0.29) is 5.91 Å². The molecule has 0 aliphatic heterocycles. The lowest BCUT2D eigenvalue weighted by molar-refractivity contribution is 0.0955. The number of hydrogen-bond acceptors (Lipinski definition) is 5. The third-order valence-corrected chi connectivity index (χ3v) is 5.39. The number of carbonyl (C=O) groups excluding carboxylic acids is 1. The van der Waals surface area contributed by atoms with Crippen LogP contribution in [0.3, 0.4) is 0 Å². The summed E-state index contributed by atoms with van der Waals surface area (Å²) in [6, 6.07) is 9.32. The second kappa shape index (κ2) is 8.26. The maximum absolute atomic E-state index is 12.4. The van der Waals surface area contributed by atoms with Crippen molar-refractivity contribution in [1.29, 1.82) is 0 Å². The number of hydrogen-bond donors (Lipinski definition) is 1. The molecular formula is C20H23N3O3S. The van der Waals surface area contributed by atoms with Gasteiger partial charge in [0, 0.05) is 36.5 Å². The molecule has 1 aromatic carbocycles. The first kappa shape index (κ1) is 19.0. The maximum Gasteiger partial charge on any atom is 0.261 e. The van der Waals surface area contributed by atoms with Gasteiger partial charge in [-0.1, -0.05) is 6.07 Å². The zero-order valence-corrected chi connectivity index (χ0v) is 16.7. The molecule has 7 heteroatoms. The summed E-state index contributed by atoms with van der Waals surface area (Å²) in [5, 5.41) is 9.29. The van der Waals surface area contributed by atoms with E-state index in [4.69, 9.17) is 9.47 Å². The summed E-state index contributed by atoms with van der Waals surface area (Å²) in [5.74, 6) is 1.39. The van der Waals surface area contributed by atoms with Crippen LogP contribution in [0.1, 0.15) is 32.2 Å². The number of ether oxygens (including phenoxy) is 2. The molecule has 2 heterocycles. The van der Waals surface area contributed by atoms with E-state index in [1.54, 1.807) is 7.11 Å². The number of thiophene rings is 1. The fourth-order valence-corrected chi connectivity index (χ4v) is 3.57. The number of nitrogens with zero attached hydrogens (tertiary/aromatic N) is 2. The van der Waals surface area contributed by atoms with E-state index >= 15 is 0 Å². The third-order valence-electron chi connectivity index (χ3n) is 4.41. The quantitative estimate of drug-likeness (QED) is 0.675. The zero-order chi connectivity index (χ0) is 19.4. The monoisotopic (exact) mass is 385 g/mol. The topological polar surface area (TPSA) is 65.4 Å².